The van der Waals surface area contributed by atoms with Crippen LogP contribution in [-0.4, -0.2) is 21.6 Å². The summed E-state index contributed by atoms with van der Waals surface area (Å²) in [4.78, 5) is 9.87. The summed E-state index contributed by atoms with van der Waals surface area (Å²) >= 11 is 0. The largest absolute Gasteiger partial charge is 0.321 e. The van der Waals surface area contributed by atoms with Crippen molar-refractivity contribution in [1.82, 2.24) is 9.13 Å². The summed E-state index contributed by atoms with van der Waals surface area (Å²) in [5.41, 5.74) is 9.34. The van der Waals surface area contributed by atoms with Gasteiger partial charge < -0.3 is 9.13 Å². The summed E-state index contributed by atoms with van der Waals surface area (Å²) in [7, 11) is 0. The fourth-order valence-electron chi connectivity index (χ4n) is 6.44. The van der Waals surface area contributed by atoms with E-state index >= 15 is 0 Å². The number of hydrogen-bond donors (Lipinski definition) is 0. The molecule has 8 aromatic rings. The second kappa shape index (κ2) is 11.3. The molecule has 2 heterocycles. The van der Waals surface area contributed by atoms with Crippen LogP contribution in [0, 0.1) is 0 Å². The monoisotopic (exact) mass is 578 g/mol. The van der Waals surface area contributed by atoms with Crippen molar-refractivity contribution in [3.05, 3.63) is 169 Å². The van der Waals surface area contributed by atoms with Crippen LogP contribution in [0.3, 0.4) is 0 Å². The molecule has 2 aromatic heterocycles. The van der Waals surface area contributed by atoms with Gasteiger partial charge in [-0.05, 0) is 58.9 Å². The Morgan fingerprint density at radius 1 is 0.600 bits per heavy atom. The molecule has 0 aliphatic rings. The molecule has 0 aliphatic heterocycles. The first-order chi connectivity index (χ1) is 22.3. The second-order valence-electron chi connectivity index (χ2n) is 11.2. The SMILES string of the molecule is C=Nc1cn(-c2ccccc2)cc1/C(=N\Cn1c2ccccc2c2ccccc21)c1cccc(-c2cccc3ccccc23)c1. The first-order valence-electron chi connectivity index (χ1n) is 15.1. The number of para-hydroxylation sites is 3. The molecule has 6 aromatic carbocycles. The molecule has 45 heavy (non-hydrogen) atoms. The summed E-state index contributed by atoms with van der Waals surface area (Å²) < 4.78 is 4.40. The van der Waals surface area contributed by atoms with E-state index in [1.165, 1.54) is 27.1 Å². The van der Waals surface area contributed by atoms with Crippen LogP contribution >= 0.6 is 0 Å². The Kier molecular flexibility index (Phi) is 6.65. The van der Waals surface area contributed by atoms with Crippen LogP contribution in [0.1, 0.15) is 11.1 Å². The van der Waals surface area contributed by atoms with Crippen molar-refractivity contribution < 1.29 is 0 Å². The zero-order valence-electron chi connectivity index (χ0n) is 24.7. The molecule has 0 atom stereocenters. The third-order valence-corrected chi connectivity index (χ3v) is 8.57. The van der Waals surface area contributed by atoms with Crippen molar-refractivity contribution in [3.63, 3.8) is 0 Å². The van der Waals surface area contributed by atoms with Gasteiger partial charge in [0, 0.05) is 40.0 Å². The van der Waals surface area contributed by atoms with Gasteiger partial charge in [-0.15, -0.1) is 0 Å². The van der Waals surface area contributed by atoms with Gasteiger partial charge in [0.2, 0.25) is 0 Å². The highest BCUT2D eigenvalue weighted by Crippen LogP contribution is 2.33. The zero-order chi connectivity index (χ0) is 30.2. The lowest BCUT2D eigenvalue weighted by Gasteiger charge is -2.12. The number of aromatic nitrogens is 2. The zero-order valence-corrected chi connectivity index (χ0v) is 24.7. The van der Waals surface area contributed by atoms with Crippen molar-refractivity contribution in [2.45, 2.75) is 6.67 Å². The van der Waals surface area contributed by atoms with Gasteiger partial charge in [0.25, 0.3) is 0 Å². The summed E-state index contributed by atoms with van der Waals surface area (Å²) in [6.45, 7) is 4.40. The van der Waals surface area contributed by atoms with Crippen molar-refractivity contribution in [1.29, 1.82) is 0 Å². The number of fused-ring (bicyclic) bond motifs is 4. The summed E-state index contributed by atoms with van der Waals surface area (Å²) in [5.74, 6) is 0. The maximum Gasteiger partial charge on any atom is 0.115 e. The summed E-state index contributed by atoms with van der Waals surface area (Å²) in [6, 6.07) is 51.1. The minimum Gasteiger partial charge on any atom is -0.321 e. The van der Waals surface area contributed by atoms with E-state index in [2.05, 4.69) is 154 Å². The van der Waals surface area contributed by atoms with E-state index in [0.717, 1.165) is 44.8 Å². The van der Waals surface area contributed by atoms with Crippen molar-refractivity contribution in [2.24, 2.45) is 9.98 Å². The number of hydrogen-bond acceptors (Lipinski definition) is 2. The Morgan fingerprint density at radius 3 is 2.00 bits per heavy atom. The van der Waals surface area contributed by atoms with E-state index in [-0.39, 0.29) is 0 Å². The highest BCUT2D eigenvalue weighted by atomic mass is 15.1. The minimum absolute atomic E-state index is 0.453. The van der Waals surface area contributed by atoms with E-state index in [4.69, 9.17) is 4.99 Å². The lowest BCUT2D eigenvalue weighted by atomic mass is 9.95. The molecule has 0 fully saturated rings. The highest BCUT2D eigenvalue weighted by Gasteiger charge is 2.17. The van der Waals surface area contributed by atoms with Crippen LogP contribution in [0.2, 0.25) is 0 Å². The molecule has 0 radical (unpaired) electrons. The molecule has 0 unspecified atom stereocenters. The van der Waals surface area contributed by atoms with Crippen molar-refractivity contribution in [2.75, 3.05) is 0 Å². The van der Waals surface area contributed by atoms with Crippen LogP contribution in [0.4, 0.5) is 5.69 Å². The molecular formula is C41H30N4. The number of benzene rings is 6. The first-order valence-corrected chi connectivity index (χ1v) is 15.1. The second-order valence-corrected chi connectivity index (χ2v) is 11.2. The molecule has 0 N–H and O–H groups in total. The van der Waals surface area contributed by atoms with E-state index in [1.807, 2.05) is 24.4 Å². The predicted molar refractivity (Wildman–Crippen MR) is 189 cm³/mol. The molecule has 8 rings (SSSR count). The Balaban J connectivity index is 1.32. The average Bonchev–Trinajstić information content (AvgIpc) is 3.68. The third kappa shape index (κ3) is 4.73. The Labute approximate surface area is 261 Å². The molecule has 0 amide bonds. The van der Waals surface area contributed by atoms with Gasteiger partial charge in [-0.3, -0.25) is 9.98 Å². The van der Waals surface area contributed by atoms with Crippen molar-refractivity contribution >= 4 is 50.7 Å². The van der Waals surface area contributed by atoms with Crippen molar-refractivity contribution in [3.8, 4) is 16.8 Å². The topological polar surface area (TPSA) is 34.6 Å². The summed E-state index contributed by atoms with van der Waals surface area (Å²) in [5, 5.41) is 4.90. The normalized spacial score (nSPS) is 11.9. The van der Waals surface area contributed by atoms with E-state index in [0.29, 0.717) is 6.67 Å². The van der Waals surface area contributed by atoms with Crippen LogP contribution in [0.25, 0.3) is 49.4 Å². The standard InChI is InChI=1S/C41H30N4/c1-42-38-27-44(32-17-3-2-4-18-32)26-37(38)41(43-28-45-39-23-9-7-20-35(39)36-21-8-10-24-40(36)45)31-16-11-15-30(25-31)34-22-12-14-29-13-5-6-19-33(29)34/h2-27H,1,28H2/b43-41-. The quantitative estimate of drug-likeness (QED) is 0.169. The van der Waals surface area contributed by atoms with Gasteiger partial charge >= 0.3 is 0 Å². The molecule has 0 aliphatic carbocycles. The average molecular weight is 579 g/mol. The van der Waals surface area contributed by atoms with Gasteiger partial charge in [0.15, 0.2) is 0 Å². The smallest absolute Gasteiger partial charge is 0.115 e. The first kappa shape index (κ1) is 26.6. The third-order valence-electron chi connectivity index (χ3n) is 8.57. The molecule has 214 valence electrons. The molecule has 0 bridgehead atoms. The minimum atomic E-state index is 0.453. The number of nitrogens with zero attached hydrogens (tertiary/aromatic N) is 4. The van der Waals surface area contributed by atoms with Crippen LogP contribution < -0.4 is 0 Å². The Bertz CT molecular complexity index is 2310. The number of rotatable bonds is 7. The summed E-state index contributed by atoms with van der Waals surface area (Å²) in [6.07, 6.45) is 4.15. The van der Waals surface area contributed by atoms with Gasteiger partial charge in [-0.25, -0.2) is 0 Å². The lowest BCUT2D eigenvalue weighted by Crippen LogP contribution is -2.06. The molecule has 0 saturated heterocycles. The maximum atomic E-state index is 5.40. The highest BCUT2D eigenvalue weighted by molar-refractivity contribution is 6.16. The molecule has 4 nitrogen and oxygen atoms in total. The predicted octanol–water partition coefficient (Wildman–Crippen LogP) is 10.2. The van der Waals surface area contributed by atoms with Gasteiger partial charge in [-0.1, -0.05) is 115 Å². The Morgan fingerprint density at radius 2 is 1.24 bits per heavy atom. The fraction of sp³-hybridized carbons (Fsp3) is 0.0244. The Hall–Kier alpha value is -6.00. The van der Waals surface area contributed by atoms with Crippen LogP contribution in [0.5, 0.6) is 0 Å². The van der Waals surface area contributed by atoms with Crippen LogP contribution in [0.15, 0.2) is 168 Å². The van der Waals surface area contributed by atoms with Gasteiger partial charge in [0.1, 0.15) is 6.67 Å². The molecule has 4 heteroatoms. The van der Waals surface area contributed by atoms with E-state index < -0.39 is 0 Å². The molecular weight excluding hydrogens is 548 g/mol. The van der Waals surface area contributed by atoms with Gasteiger partial charge in [-0.2, -0.15) is 0 Å². The number of aliphatic imine (C=N–C) groups is 2. The molecule has 0 saturated carbocycles. The van der Waals surface area contributed by atoms with E-state index in [9.17, 15) is 0 Å². The van der Waals surface area contributed by atoms with E-state index in [1.54, 1.807) is 0 Å². The maximum absolute atomic E-state index is 5.40. The molecule has 0 spiro atoms. The lowest BCUT2D eigenvalue weighted by molar-refractivity contribution is 0.793. The van der Waals surface area contributed by atoms with Gasteiger partial charge in [0.05, 0.1) is 22.4 Å². The van der Waals surface area contributed by atoms with Crippen LogP contribution in [-0.2, 0) is 6.67 Å². The fourth-order valence-corrected chi connectivity index (χ4v) is 6.44.